The molecule has 13 heteroatoms. The minimum atomic E-state index is -1.44. The smallest absolute Gasteiger partial charge is 0.253 e. The molecule has 2 bridgehead atoms. The molecule has 3 aromatic rings. The van der Waals surface area contributed by atoms with Crippen LogP contribution in [0.3, 0.4) is 0 Å². The molecule has 3 heterocycles. The number of nitrogens with zero attached hydrogens (tertiary/aromatic N) is 1. The van der Waals surface area contributed by atoms with Crippen LogP contribution in [0.5, 0.6) is 5.75 Å². The van der Waals surface area contributed by atoms with Gasteiger partial charge in [0.05, 0.1) is 17.7 Å². The average Bonchev–Trinajstić information content (AvgIpc) is 3.08. The summed E-state index contributed by atoms with van der Waals surface area (Å²) in [5.74, 6) is -2.99. The van der Waals surface area contributed by atoms with E-state index in [0.29, 0.717) is 17.7 Å². The van der Waals surface area contributed by atoms with Crippen LogP contribution in [0.25, 0.3) is 0 Å². The minimum absolute atomic E-state index is 0.0778. The van der Waals surface area contributed by atoms with Gasteiger partial charge in [-0.1, -0.05) is 56.3 Å². The van der Waals surface area contributed by atoms with E-state index in [9.17, 15) is 29.1 Å². The van der Waals surface area contributed by atoms with Gasteiger partial charge in [0, 0.05) is 18.8 Å². The number of nitrogens with one attached hydrogen (secondary N) is 5. The molecule has 2 aliphatic rings. The summed E-state index contributed by atoms with van der Waals surface area (Å²) >= 11 is 0. The van der Waals surface area contributed by atoms with Gasteiger partial charge >= 0.3 is 0 Å². The summed E-state index contributed by atoms with van der Waals surface area (Å²) in [6.45, 7) is 6.39. The molecule has 0 unspecified atom stereocenters. The molecule has 49 heavy (non-hydrogen) atoms. The first-order chi connectivity index (χ1) is 23.4. The molecule has 0 fully saturated rings. The zero-order valence-electron chi connectivity index (χ0n) is 28.0. The highest BCUT2D eigenvalue weighted by atomic mass is 16.5. The van der Waals surface area contributed by atoms with Crippen LogP contribution in [-0.2, 0) is 32.0 Å². The second kappa shape index (κ2) is 17.2. The van der Waals surface area contributed by atoms with Crippen LogP contribution in [0.2, 0.25) is 0 Å². The van der Waals surface area contributed by atoms with Crippen molar-refractivity contribution in [1.29, 1.82) is 0 Å². The number of carbonyl (C=O) groups excluding carboxylic acids is 5. The SMILES string of the molecule is CC(C)[C@H]1NC(=O)[C@H]([C@@H](C)O)NC(=O)[C@@H](C)NC(=O)[C@@H](NC(=O)c2cccnc2)Cc2ccc(cc2)OC[C@H](Cc2ccccc2)NC1=O. The quantitative estimate of drug-likeness (QED) is 0.210. The number of ether oxygens (including phenoxy) is 1. The number of aliphatic hydroxyl groups is 1. The zero-order valence-corrected chi connectivity index (χ0v) is 28.0. The Labute approximate surface area is 285 Å². The number of amides is 5. The summed E-state index contributed by atoms with van der Waals surface area (Å²) < 4.78 is 6.10. The number of rotatable bonds is 6. The van der Waals surface area contributed by atoms with Crippen molar-refractivity contribution in [1.82, 2.24) is 31.6 Å². The highest BCUT2D eigenvalue weighted by Gasteiger charge is 2.34. The second-order valence-corrected chi connectivity index (χ2v) is 12.5. The zero-order chi connectivity index (χ0) is 35.5. The Kier molecular flexibility index (Phi) is 12.8. The van der Waals surface area contributed by atoms with Crippen LogP contribution < -0.4 is 31.3 Å². The van der Waals surface area contributed by atoms with Crippen molar-refractivity contribution in [3.63, 3.8) is 0 Å². The van der Waals surface area contributed by atoms with Gasteiger partial charge in [0.25, 0.3) is 5.91 Å². The number of carbonyl (C=O) groups is 5. The summed E-state index contributed by atoms with van der Waals surface area (Å²) in [5, 5.41) is 24.0. The Balaban J connectivity index is 1.66. The van der Waals surface area contributed by atoms with Crippen molar-refractivity contribution >= 4 is 29.5 Å². The van der Waals surface area contributed by atoms with Crippen molar-refractivity contribution in [2.24, 2.45) is 5.92 Å². The fraction of sp³-hybridized carbons (Fsp3) is 0.389. The Bertz CT molecular complexity index is 1580. The predicted molar refractivity (Wildman–Crippen MR) is 181 cm³/mol. The first-order valence-electron chi connectivity index (χ1n) is 16.3. The van der Waals surface area contributed by atoms with Crippen LogP contribution in [0, 0.1) is 5.92 Å². The van der Waals surface area contributed by atoms with Crippen molar-refractivity contribution in [2.75, 3.05) is 6.61 Å². The number of fused-ring (bicyclic) bond motifs is 17. The second-order valence-electron chi connectivity index (χ2n) is 12.5. The molecule has 1 aromatic heterocycles. The number of aliphatic hydroxyl groups excluding tert-OH is 1. The molecule has 5 amide bonds. The van der Waals surface area contributed by atoms with Crippen LogP contribution >= 0.6 is 0 Å². The molecule has 0 saturated heterocycles. The van der Waals surface area contributed by atoms with Gasteiger partial charge in [0.15, 0.2) is 0 Å². The van der Waals surface area contributed by atoms with Gasteiger partial charge in [-0.3, -0.25) is 29.0 Å². The number of pyridine rings is 1. The van der Waals surface area contributed by atoms with E-state index < -0.39 is 65.8 Å². The Morgan fingerprint density at radius 3 is 2.16 bits per heavy atom. The van der Waals surface area contributed by atoms with Crippen molar-refractivity contribution in [3.05, 3.63) is 95.8 Å². The molecule has 260 valence electrons. The molecule has 6 atom stereocenters. The van der Waals surface area contributed by atoms with E-state index in [-0.39, 0.29) is 24.5 Å². The van der Waals surface area contributed by atoms with Gasteiger partial charge in [0.1, 0.15) is 36.5 Å². The molecular weight excluding hydrogens is 628 g/mol. The summed E-state index contributed by atoms with van der Waals surface area (Å²) in [6.07, 6.45) is 2.08. The lowest BCUT2D eigenvalue weighted by Crippen LogP contribution is -2.61. The maximum Gasteiger partial charge on any atom is 0.253 e. The van der Waals surface area contributed by atoms with E-state index in [4.69, 9.17) is 4.74 Å². The minimum Gasteiger partial charge on any atom is -0.491 e. The Hall–Kier alpha value is -5.30. The molecule has 6 N–H and O–H groups in total. The summed E-state index contributed by atoms with van der Waals surface area (Å²) in [4.78, 5) is 70.8. The van der Waals surface area contributed by atoms with E-state index in [2.05, 4.69) is 31.6 Å². The van der Waals surface area contributed by atoms with Crippen LogP contribution in [0.15, 0.2) is 79.1 Å². The van der Waals surface area contributed by atoms with Gasteiger partial charge in [0.2, 0.25) is 23.6 Å². The van der Waals surface area contributed by atoms with Crippen LogP contribution in [0.4, 0.5) is 0 Å². The summed E-state index contributed by atoms with van der Waals surface area (Å²) in [5.41, 5.74) is 1.92. The third-order valence-electron chi connectivity index (χ3n) is 8.09. The van der Waals surface area contributed by atoms with Crippen LogP contribution in [0.1, 0.15) is 49.2 Å². The van der Waals surface area contributed by atoms with E-state index in [1.54, 1.807) is 50.2 Å². The highest BCUT2D eigenvalue weighted by Crippen LogP contribution is 2.16. The van der Waals surface area contributed by atoms with E-state index in [1.165, 1.54) is 26.2 Å². The maximum atomic E-state index is 13.6. The van der Waals surface area contributed by atoms with Crippen molar-refractivity contribution in [3.8, 4) is 5.75 Å². The topological polar surface area (TPSA) is 188 Å². The highest BCUT2D eigenvalue weighted by molar-refractivity contribution is 5.99. The number of hydrogen-bond acceptors (Lipinski definition) is 8. The Morgan fingerprint density at radius 2 is 1.53 bits per heavy atom. The Morgan fingerprint density at radius 1 is 0.857 bits per heavy atom. The molecular formula is C36H44N6O7. The summed E-state index contributed by atoms with van der Waals surface area (Å²) in [7, 11) is 0. The fourth-order valence-electron chi connectivity index (χ4n) is 5.28. The normalized spacial score (nSPS) is 23.3. The average molecular weight is 673 g/mol. The largest absolute Gasteiger partial charge is 0.491 e. The number of hydrogen-bond donors (Lipinski definition) is 6. The number of benzene rings is 2. The van der Waals surface area contributed by atoms with Gasteiger partial charge in [-0.25, -0.2) is 0 Å². The molecule has 2 aromatic carbocycles. The molecule has 0 saturated carbocycles. The third-order valence-corrected chi connectivity index (χ3v) is 8.09. The number of aromatic nitrogens is 1. The summed E-state index contributed by atoms with van der Waals surface area (Å²) in [6, 6.07) is 14.6. The first-order valence-corrected chi connectivity index (χ1v) is 16.3. The predicted octanol–water partition coefficient (Wildman–Crippen LogP) is 1.05. The molecule has 13 nitrogen and oxygen atoms in total. The maximum absolute atomic E-state index is 13.6. The fourth-order valence-corrected chi connectivity index (χ4v) is 5.28. The van der Waals surface area contributed by atoms with Gasteiger partial charge in [-0.15, -0.1) is 0 Å². The molecule has 5 rings (SSSR count). The lowest BCUT2D eigenvalue weighted by Gasteiger charge is -2.29. The first kappa shape index (κ1) is 36.5. The van der Waals surface area contributed by atoms with E-state index >= 15 is 0 Å². The van der Waals surface area contributed by atoms with Gasteiger partial charge < -0.3 is 36.4 Å². The molecule has 2 aliphatic heterocycles. The standard InChI is InChI=1S/C36H44N6O7/c1-21(2)30-35(47)39-27(17-24-9-6-5-7-10-24)20-49-28-14-12-25(13-15-28)18-29(40-33(45)26-11-8-16-37-19-26)34(46)38-22(3)32(44)42-31(23(4)43)36(48)41-30/h5-16,19,21-23,27,29-31,43H,17-18,20H2,1-4H3,(H,38,46)(H,39,47)(H,40,45)(H,41,48)(H,42,44)/t22-,23-,27+,29+,30-,31+/m1/s1. The lowest BCUT2D eigenvalue weighted by molar-refractivity contribution is -0.136. The van der Waals surface area contributed by atoms with Gasteiger partial charge in [-0.05, 0) is 61.6 Å². The monoisotopic (exact) mass is 672 g/mol. The van der Waals surface area contributed by atoms with E-state index in [0.717, 1.165) is 5.56 Å². The van der Waals surface area contributed by atoms with E-state index in [1.807, 2.05) is 30.3 Å². The molecule has 0 spiro atoms. The van der Waals surface area contributed by atoms with Crippen molar-refractivity contribution in [2.45, 2.75) is 76.8 Å². The van der Waals surface area contributed by atoms with Crippen molar-refractivity contribution < 1.29 is 33.8 Å². The van der Waals surface area contributed by atoms with Gasteiger partial charge in [-0.2, -0.15) is 0 Å². The molecule has 0 aliphatic carbocycles. The third kappa shape index (κ3) is 10.6. The molecule has 0 radical (unpaired) electrons. The van der Waals surface area contributed by atoms with Crippen LogP contribution in [-0.4, -0.2) is 82.5 Å². The lowest BCUT2D eigenvalue weighted by atomic mass is 10.0.